The molecule has 1 unspecified atom stereocenters. The molecule has 1 aliphatic carbocycles. The van der Waals surface area contributed by atoms with Crippen molar-refractivity contribution in [2.45, 2.75) is 38.1 Å². The number of nitrogens with two attached hydrogens (primary N) is 1. The van der Waals surface area contributed by atoms with Crippen LogP contribution in [0.25, 0.3) is 0 Å². The minimum Gasteiger partial charge on any atom is -0.396 e. The third kappa shape index (κ3) is 3.09. The van der Waals surface area contributed by atoms with Gasteiger partial charge in [-0.15, -0.1) is 0 Å². The van der Waals surface area contributed by atoms with Crippen LogP contribution in [0, 0.1) is 5.92 Å². The minimum absolute atomic E-state index is 0.281. The third-order valence-electron chi connectivity index (χ3n) is 3.34. The molecule has 1 saturated carbocycles. The Labute approximate surface area is 96.7 Å². The standard InChI is InChI=1S/C11H22N4O/c12-14-11(13-10-3-4-10)15-6-1-2-9(8-15)5-7-16/h9-10,16H,1-8,12H2,(H,13,14). The zero-order chi connectivity index (χ0) is 11.4. The normalized spacial score (nSPS) is 27.0. The van der Waals surface area contributed by atoms with Gasteiger partial charge in [0.25, 0.3) is 0 Å². The Bertz CT molecular complexity index is 250. The molecule has 0 radical (unpaired) electrons. The fourth-order valence-corrected chi connectivity index (χ4v) is 2.26. The Morgan fingerprint density at radius 2 is 2.25 bits per heavy atom. The number of aliphatic imine (C=N–C) groups is 1. The quantitative estimate of drug-likeness (QED) is 0.275. The number of aliphatic hydroxyl groups is 1. The first-order valence-corrected chi connectivity index (χ1v) is 6.23. The minimum atomic E-state index is 0.281. The molecule has 0 spiro atoms. The van der Waals surface area contributed by atoms with Gasteiger partial charge in [-0.25, -0.2) is 10.8 Å². The van der Waals surface area contributed by atoms with Gasteiger partial charge in [0, 0.05) is 19.7 Å². The lowest BCUT2D eigenvalue weighted by atomic mass is 9.95. The molecule has 0 bridgehead atoms. The van der Waals surface area contributed by atoms with Crippen LogP contribution < -0.4 is 11.3 Å². The van der Waals surface area contributed by atoms with E-state index in [1.165, 1.54) is 19.3 Å². The van der Waals surface area contributed by atoms with Crippen molar-refractivity contribution in [1.82, 2.24) is 10.3 Å². The monoisotopic (exact) mass is 226 g/mol. The topological polar surface area (TPSA) is 73.9 Å². The number of hydrazine groups is 1. The summed E-state index contributed by atoms with van der Waals surface area (Å²) in [7, 11) is 0. The van der Waals surface area contributed by atoms with E-state index in [2.05, 4.69) is 15.3 Å². The summed E-state index contributed by atoms with van der Waals surface area (Å²) in [5.41, 5.74) is 2.72. The fraction of sp³-hybridized carbons (Fsp3) is 0.909. The summed E-state index contributed by atoms with van der Waals surface area (Å²) < 4.78 is 0. The van der Waals surface area contributed by atoms with Gasteiger partial charge in [-0.2, -0.15) is 0 Å². The zero-order valence-corrected chi connectivity index (χ0v) is 9.73. The number of nitrogens with zero attached hydrogens (tertiary/aromatic N) is 2. The highest BCUT2D eigenvalue weighted by Gasteiger charge is 2.25. The SMILES string of the molecule is NNC(=NC1CC1)N1CCCC(CCO)C1. The Morgan fingerprint density at radius 1 is 1.44 bits per heavy atom. The van der Waals surface area contributed by atoms with Gasteiger partial charge in [-0.1, -0.05) is 0 Å². The zero-order valence-electron chi connectivity index (χ0n) is 9.73. The van der Waals surface area contributed by atoms with Crippen molar-refractivity contribution in [1.29, 1.82) is 0 Å². The summed E-state index contributed by atoms with van der Waals surface area (Å²) in [5, 5.41) is 8.97. The molecule has 1 aliphatic heterocycles. The van der Waals surface area contributed by atoms with Gasteiger partial charge in [-0.05, 0) is 38.0 Å². The highest BCUT2D eigenvalue weighted by molar-refractivity contribution is 5.79. The van der Waals surface area contributed by atoms with Crippen LogP contribution >= 0.6 is 0 Å². The molecule has 0 aromatic rings. The van der Waals surface area contributed by atoms with Gasteiger partial charge in [0.05, 0.1) is 6.04 Å². The van der Waals surface area contributed by atoms with Crippen molar-refractivity contribution in [3.63, 3.8) is 0 Å². The molecule has 16 heavy (non-hydrogen) atoms. The molecule has 5 nitrogen and oxygen atoms in total. The number of nitrogens with one attached hydrogen (secondary N) is 1. The lowest BCUT2D eigenvalue weighted by molar-refractivity contribution is 0.195. The molecule has 5 heteroatoms. The van der Waals surface area contributed by atoms with Crippen molar-refractivity contribution in [3.8, 4) is 0 Å². The number of hydrogen-bond acceptors (Lipinski definition) is 3. The van der Waals surface area contributed by atoms with Crippen LogP contribution in [-0.2, 0) is 0 Å². The van der Waals surface area contributed by atoms with E-state index in [1.54, 1.807) is 0 Å². The molecule has 4 N–H and O–H groups in total. The summed E-state index contributed by atoms with van der Waals surface area (Å²) in [4.78, 5) is 6.79. The van der Waals surface area contributed by atoms with Crippen LogP contribution in [0.15, 0.2) is 4.99 Å². The van der Waals surface area contributed by atoms with E-state index in [-0.39, 0.29) is 6.61 Å². The van der Waals surface area contributed by atoms with Crippen LogP contribution in [0.4, 0.5) is 0 Å². The van der Waals surface area contributed by atoms with Crippen molar-refractivity contribution < 1.29 is 5.11 Å². The van der Waals surface area contributed by atoms with Crippen molar-refractivity contribution >= 4 is 5.96 Å². The highest BCUT2D eigenvalue weighted by Crippen LogP contribution is 2.25. The summed E-state index contributed by atoms with van der Waals surface area (Å²) in [6.45, 7) is 2.28. The third-order valence-corrected chi connectivity index (χ3v) is 3.34. The number of guanidine groups is 1. The largest absolute Gasteiger partial charge is 0.396 e. The molecular formula is C11H22N4O. The van der Waals surface area contributed by atoms with Crippen LogP contribution in [0.5, 0.6) is 0 Å². The first kappa shape index (κ1) is 11.7. The summed E-state index contributed by atoms with van der Waals surface area (Å²) >= 11 is 0. The number of aliphatic hydroxyl groups excluding tert-OH is 1. The number of likely N-dealkylation sites (tertiary alicyclic amines) is 1. The molecule has 92 valence electrons. The van der Waals surface area contributed by atoms with Crippen LogP contribution in [0.2, 0.25) is 0 Å². The van der Waals surface area contributed by atoms with Gasteiger partial charge >= 0.3 is 0 Å². The van der Waals surface area contributed by atoms with Gasteiger partial charge in [0.2, 0.25) is 5.96 Å². The molecule has 1 atom stereocenters. The van der Waals surface area contributed by atoms with Crippen LogP contribution in [0.3, 0.4) is 0 Å². The second-order valence-electron chi connectivity index (χ2n) is 4.79. The predicted molar refractivity (Wildman–Crippen MR) is 63.8 cm³/mol. The average Bonchev–Trinajstić information content (AvgIpc) is 3.10. The molecule has 1 heterocycles. The molecular weight excluding hydrogens is 204 g/mol. The van der Waals surface area contributed by atoms with Gasteiger partial charge < -0.3 is 10.0 Å². The fourth-order valence-electron chi connectivity index (χ4n) is 2.26. The molecule has 0 aromatic carbocycles. The second-order valence-corrected chi connectivity index (χ2v) is 4.79. The number of hydrogen-bond donors (Lipinski definition) is 3. The van der Waals surface area contributed by atoms with Gasteiger partial charge in [0.1, 0.15) is 0 Å². The van der Waals surface area contributed by atoms with E-state index in [0.717, 1.165) is 31.9 Å². The lowest BCUT2D eigenvalue weighted by Gasteiger charge is -2.34. The van der Waals surface area contributed by atoms with Gasteiger partial charge in [-0.3, -0.25) is 5.43 Å². The lowest BCUT2D eigenvalue weighted by Crippen LogP contribution is -2.49. The van der Waals surface area contributed by atoms with E-state index in [0.29, 0.717) is 12.0 Å². The average molecular weight is 226 g/mol. The molecule has 0 amide bonds. The van der Waals surface area contributed by atoms with Crippen LogP contribution in [-0.4, -0.2) is 41.7 Å². The maximum Gasteiger partial charge on any atom is 0.208 e. The summed E-state index contributed by atoms with van der Waals surface area (Å²) in [6.07, 6.45) is 5.64. The Hall–Kier alpha value is -0.810. The van der Waals surface area contributed by atoms with E-state index < -0.39 is 0 Å². The van der Waals surface area contributed by atoms with Gasteiger partial charge in [0.15, 0.2) is 0 Å². The van der Waals surface area contributed by atoms with E-state index >= 15 is 0 Å². The Morgan fingerprint density at radius 3 is 2.88 bits per heavy atom. The molecule has 0 aromatic heterocycles. The second kappa shape index (κ2) is 5.50. The molecule has 1 saturated heterocycles. The van der Waals surface area contributed by atoms with E-state index in [1.807, 2.05) is 0 Å². The number of rotatable bonds is 3. The predicted octanol–water partition coefficient (Wildman–Crippen LogP) is 0.0625. The Balaban J connectivity index is 1.90. The Kier molecular flexibility index (Phi) is 4.01. The molecule has 2 fully saturated rings. The van der Waals surface area contributed by atoms with Crippen molar-refractivity contribution in [3.05, 3.63) is 0 Å². The molecule has 2 aliphatic rings. The summed E-state index contributed by atoms with van der Waals surface area (Å²) in [6, 6.07) is 0.490. The highest BCUT2D eigenvalue weighted by atomic mass is 16.3. The first-order chi connectivity index (χ1) is 7.83. The maximum absolute atomic E-state index is 8.97. The van der Waals surface area contributed by atoms with Crippen molar-refractivity contribution in [2.24, 2.45) is 16.8 Å². The van der Waals surface area contributed by atoms with E-state index in [4.69, 9.17) is 10.9 Å². The van der Waals surface area contributed by atoms with Crippen molar-refractivity contribution in [2.75, 3.05) is 19.7 Å². The maximum atomic E-state index is 8.97. The van der Waals surface area contributed by atoms with E-state index in [9.17, 15) is 0 Å². The first-order valence-electron chi connectivity index (χ1n) is 6.23. The molecule has 2 rings (SSSR count). The smallest absolute Gasteiger partial charge is 0.208 e. The van der Waals surface area contributed by atoms with Crippen LogP contribution in [0.1, 0.15) is 32.1 Å². The summed E-state index contributed by atoms with van der Waals surface area (Å²) in [5.74, 6) is 6.95. The number of piperidine rings is 1.